The Morgan fingerprint density at radius 2 is 1.76 bits per heavy atom. The normalized spacial score (nSPS) is 14.7. The number of amides is 2. The fourth-order valence-electron chi connectivity index (χ4n) is 4.82. The van der Waals surface area contributed by atoms with Crippen LogP contribution in [0.2, 0.25) is 0 Å². The number of ether oxygens (including phenoxy) is 3. The van der Waals surface area contributed by atoms with Crippen molar-refractivity contribution >= 4 is 29.4 Å². The van der Waals surface area contributed by atoms with Crippen molar-refractivity contribution in [2.45, 2.75) is 71.5 Å². The van der Waals surface area contributed by atoms with E-state index in [9.17, 15) is 28.0 Å². The molecule has 2 heterocycles. The van der Waals surface area contributed by atoms with Crippen LogP contribution in [-0.4, -0.2) is 66.0 Å². The molecule has 0 radical (unpaired) electrons. The van der Waals surface area contributed by atoms with Gasteiger partial charge in [-0.1, -0.05) is 38.1 Å². The zero-order chi connectivity index (χ0) is 30.3. The average molecular weight is 576 g/mol. The van der Waals surface area contributed by atoms with Gasteiger partial charge in [-0.05, 0) is 43.0 Å². The van der Waals surface area contributed by atoms with Gasteiger partial charge in [0.15, 0.2) is 0 Å². The lowest BCUT2D eigenvalue weighted by Gasteiger charge is -2.50. The fraction of sp³-hybridized carbons (Fsp3) is 0.483. The minimum atomic E-state index is -3.15. The summed E-state index contributed by atoms with van der Waals surface area (Å²) in [5.74, 6) is -2.59. The molecule has 1 saturated heterocycles. The van der Waals surface area contributed by atoms with Crippen LogP contribution in [0.4, 0.5) is 14.5 Å². The SMILES string of the molecule is CCOC(=O)C[C@@H](CC(=O)N1CC(C(=O)Nc2ccc(C)nc2OC(F)F)(c2ccccc2C(C)C)C1)OC(C)=O. The fourth-order valence-corrected chi connectivity index (χ4v) is 4.82. The van der Waals surface area contributed by atoms with Gasteiger partial charge in [-0.15, -0.1) is 0 Å². The number of nitrogens with zero attached hydrogens (tertiary/aromatic N) is 2. The molecule has 41 heavy (non-hydrogen) atoms. The van der Waals surface area contributed by atoms with Crippen LogP contribution in [0.5, 0.6) is 5.88 Å². The van der Waals surface area contributed by atoms with E-state index in [1.54, 1.807) is 26.0 Å². The third-order valence-corrected chi connectivity index (χ3v) is 6.69. The van der Waals surface area contributed by atoms with E-state index in [1.165, 1.54) is 17.9 Å². The number of esters is 2. The number of benzene rings is 1. The smallest absolute Gasteiger partial charge is 0.388 e. The lowest BCUT2D eigenvalue weighted by atomic mass is 9.69. The third-order valence-electron chi connectivity index (χ3n) is 6.69. The Morgan fingerprint density at radius 1 is 1.07 bits per heavy atom. The van der Waals surface area contributed by atoms with E-state index >= 15 is 0 Å². The number of nitrogens with one attached hydrogen (secondary N) is 1. The summed E-state index contributed by atoms with van der Waals surface area (Å²) in [6.07, 6.45) is -1.60. The molecule has 0 spiro atoms. The van der Waals surface area contributed by atoms with Crippen LogP contribution in [0, 0.1) is 6.92 Å². The maximum atomic E-state index is 13.9. The van der Waals surface area contributed by atoms with E-state index < -0.39 is 47.8 Å². The molecular formula is C29H35F2N3O7. The molecule has 222 valence electrons. The first-order chi connectivity index (χ1) is 19.4. The molecule has 1 aliphatic rings. The zero-order valence-electron chi connectivity index (χ0n) is 23.7. The predicted molar refractivity (Wildman–Crippen MR) is 144 cm³/mol. The van der Waals surface area contributed by atoms with Gasteiger partial charge in [0.25, 0.3) is 0 Å². The summed E-state index contributed by atoms with van der Waals surface area (Å²) in [5.41, 5.74) is 0.749. The van der Waals surface area contributed by atoms with E-state index in [4.69, 9.17) is 9.47 Å². The van der Waals surface area contributed by atoms with Crippen molar-refractivity contribution in [3.05, 3.63) is 53.2 Å². The van der Waals surface area contributed by atoms with Gasteiger partial charge >= 0.3 is 18.6 Å². The molecule has 0 unspecified atom stereocenters. The van der Waals surface area contributed by atoms with Gasteiger partial charge in [0.05, 0.1) is 19.4 Å². The van der Waals surface area contributed by atoms with Gasteiger partial charge in [0, 0.05) is 25.7 Å². The summed E-state index contributed by atoms with van der Waals surface area (Å²) < 4.78 is 40.7. The van der Waals surface area contributed by atoms with Crippen molar-refractivity contribution in [1.29, 1.82) is 0 Å². The number of halogens is 2. The minimum absolute atomic E-state index is 0.0298. The van der Waals surface area contributed by atoms with Crippen LogP contribution in [0.15, 0.2) is 36.4 Å². The van der Waals surface area contributed by atoms with Crippen molar-refractivity contribution in [2.24, 2.45) is 0 Å². The van der Waals surface area contributed by atoms with Gasteiger partial charge < -0.3 is 24.4 Å². The third kappa shape index (κ3) is 7.77. The zero-order valence-corrected chi connectivity index (χ0v) is 23.7. The molecule has 0 bridgehead atoms. The van der Waals surface area contributed by atoms with Gasteiger partial charge in [0.2, 0.25) is 17.7 Å². The van der Waals surface area contributed by atoms with Crippen molar-refractivity contribution in [3.63, 3.8) is 0 Å². The quantitative estimate of drug-likeness (QED) is 0.375. The van der Waals surface area contributed by atoms with Crippen LogP contribution < -0.4 is 10.1 Å². The summed E-state index contributed by atoms with van der Waals surface area (Å²) in [6.45, 7) is 5.30. The highest BCUT2D eigenvalue weighted by molar-refractivity contribution is 6.02. The van der Waals surface area contributed by atoms with Crippen LogP contribution in [0.1, 0.15) is 63.3 Å². The topological polar surface area (TPSA) is 124 Å². The number of aryl methyl sites for hydroxylation is 1. The molecule has 3 rings (SSSR count). The van der Waals surface area contributed by atoms with Crippen molar-refractivity contribution in [2.75, 3.05) is 25.0 Å². The summed E-state index contributed by atoms with van der Waals surface area (Å²) in [6, 6.07) is 10.3. The van der Waals surface area contributed by atoms with Crippen LogP contribution in [0.25, 0.3) is 0 Å². The molecule has 1 fully saturated rings. The number of pyridine rings is 1. The number of anilines is 1. The molecule has 1 aromatic carbocycles. The second-order valence-corrected chi connectivity index (χ2v) is 10.2. The lowest BCUT2D eigenvalue weighted by Crippen LogP contribution is -2.67. The van der Waals surface area contributed by atoms with E-state index in [0.717, 1.165) is 5.56 Å². The molecule has 1 aromatic heterocycles. The molecule has 2 aromatic rings. The number of hydrogen-bond donors (Lipinski definition) is 1. The van der Waals surface area contributed by atoms with Crippen molar-refractivity contribution in [3.8, 4) is 5.88 Å². The molecular weight excluding hydrogens is 540 g/mol. The summed E-state index contributed by atoms with van der Waals surface area (Å²) in [7, 11) is 0. The largest absolute Gasteiger partial charge is 0.466 e. The Balaban J connectivity index is 1.90. The molecule has 0 saturated carbocycles. The number of alkyl halides is 2. The maximum Gasteiger partial charge on any atom is 0.388 e. The Hall–Kier alpha value is -4.09. The number of aromatic nitrogens is 1. The lowest BCUT2D eigenvalue weighted by molar-refractivity contribution is -0.156. The standard InChI is InChI=1S/C29H35F2N3O7/c1-6-39-25(37)14-20(40-19(5)35)13-24(36)34-15-29(16-34,22-10-8-7-9-21(22)17(2)3)27(38)33-23-12-11-18(4)32-26(23)41-28(30)31/h7-12,17,20,28H,6,13-16H2,1-5H3,(H,33,38)/t20-/m1/s1. The van der Waals surface area contributed by atoms with Crippen LogP contribution in [-0.2, 0) is 34.1 Å². The van der Waals surface area contributed by atoms with Gasteiger partial charge in [0.1, 0.15) is 17.2 Å². The van der Waals surface area contributed by atoms with E-state index in [1.807, 2.05) is 32.0 Å². The number of likely N-dealkylation sites (tertiary alicyclic amines) is 1. The van der Waals surface area contributed by atoms with E-state index in [0.29, 0.717) is 11.3 Å². The van der Waals surface area contributed by atoms with Crippen LogP contribution in [0.3, 0.4) is 0 Å². The number of carbonyl (C=O) groups excluding carboxylic acids is 4. The Morgan fingerprint density at radius 3 is 2.37 bits per heavy atom. The van der Waals surface area contributed by atoms with Gasteiger partial charge in [-0.2, -0.15) is 8.78 Å². The number of rotatable bonds is 12. The monoisotopic (exact) mass is 575 g/mol. The molecule has 12 heteroatoms. The Bertz CT molecular complexity index is 1280. The van der Waals surface area contributed by atoms with E-state index in [2.05, 4.69) is 15.0 Å². The number of carbonyl (C=O) groups is 4. The molecule has 1 aliphatic heterocycles. The first-order valence-electron chi connectivity index (χ1n) is 13.3. The summed E-state index contributed by atoms with van der Waals surface area (Å²) in [5, 5.41) is 2.69. The Kier molecular flexibility index (Phi) is 10.4. The highest BCUT2D eigenvalue weighted by Gasteiger charge is 2.53. The maximum absolute atomic E-state index is 13.9. The van der Waals surface area contributed by atoms with E-state index in [-0.39, 0.29) is 44.1 Å². The molecule has 10 nitrogen and oxygen atoms in total. The van der Waals surface area contributed by atoms with Gasteiger partial charge in [-0.25, -0.2) is 4.98 Å². The molecule has 1 atom stereocenters. The van der Waals surface area contributed by atoms with Crippen molar-refractivity contribution < 1.29 is 42.2 Å². The first-order valence-corrected chi connectivity index (χ1v) is 13.3. The summed E-state index contributed by atoms with van der Waals surface area (Å²) >= 11 is 0. The second-order valence-electron chi connectivity index (χ2n) is 10.2. The highest BCUT2D eigenvalue weighted by Crippen LogP contribution is 2.41. The average Bonchev–Trinajstić information content (AvgIpc) is 2.84. The predicted octanol–water partition coefficient (Wildman–Crippen LogP) is 4.11. The Labute approximate surface area is 237 Å². The highest BCUT2D eigenvalue weighted by atomic mass is 19.3. The second kappa shape index (κ2) is 13.5. The first kappa shape index (κ1) is 31.4. The minimum Gasteiger partial charge on any atom is -0.466 e. The molecule has 0 aliphatic carbocycles. The summed E-state index contributed by atoms with van der Waals surface area (Å²) in [4.78, 5) is 56.1. The van der Waals surface area contributed by atoms with Crippen LogP contribution >= 0.6 is 0 Å². The molecule has 2 amide bonds. The molecule has 1 N–H and O–H groups in total. The number of hydrogen-bond acceptors (Lipinski definition) is 8. The van der Waals surface area contributed by atoms with Gasteiger partial charge in [-0.3, -0.25) is 19.2 Å². The van der Waals surface area contributed by atoms with Crippen molar-refractivity contribution in [1.82, 2.24) is 9.88 Å².